The van der Waals surface area contributed by atoms with Crippen LogP contribution in [0.3, 0.4) is 0 Å². The Morgan fingerprint density at radius 2 is 2.15 bits per heavy atom. The molecular formula is C16H23N3O. The highest BCUT2D eigenvalue weighted by Crippen LogP contribution is 2.35. The van der Waals surface area contributed by atoms with E-state index >= 15 is 0 Å². The summed E-state index contributed by atoms with van der Waals surface area (Å²) in [5.41, 5.74) is 2.64. The molecule has 4 heteroatoms. The second-order valence-electron chi connectivity index (χ2n) is 5.94. The third kappa shape index (κ3) is 3.37. The van der Waals surface area contributed by atoms with Gasteiger partial charge in [-0.15, -0.1) is 0 Å². The van der Waals surface area contributed by atoms with Gasteiger partial charge < -0.3 is 10.4 Å². The summed E-state index contributed by atoms with van der Waals surface area (Å²) in [6, 6.07) is 2.03. The molecule has 2 aliphatic carbocycles. The van der Waals surface area contributed by atoms with Crippen molar-refractivity contribution >= 4 is 5.82 Å². The van der Waals surface area contributed by atoms with E-state index in [1.54, 1.807) is 11.9 Å². The first kappa shape index (κ1) is 13.6. The highest BCUT2D eigenvalue weighted by atomic mass is 16.3. The van der Waals surface area contributed by atoms with Crippen molar-refractivity contribution in [1.29, 1.82) is 0 Å². The quantitative estimate of drug-likeness (QED) is 0.810. The van der Waals surface area contributed by atoms with E-state index in [1.165, 1.54) is 25.7 Å². The number of allylic oxidation sites excluding steroid dienone is 1. The van der Waals surface area contributed by atoms with Crippen molar-refractivity contribution in [3.8, 4) is 0 Å². The van der Waals surface area contributed by atoms with Gasteiger partial charge in [0.05, 0.1) is 6.10 Å². The summed E-state index contributed by atoms with van der Waals surface area (Å²) in [6.45, 7) is 0.940. The Balaban J connectivity index is 1.50. The first-order valence-corrected chi connectivity index (χ1v) is 7.73. The molecule has 1 aromatic rings. The zero-order chi connectivity index (χ0) is 13.8. The highest BCUT2D eigenvalue weighted by Gasteiger charge is 2.29. The average molecular weight is 273 g/mol. The van der Waals surface area contributed by atoms with Crippen LogP contribution in [0.15, 0.2) is 24.0 Å². The summed E-state index contributed by atoms with van der Waals surface area (Å²) in [5, 5.41) is 12.8. The van der Waals surface area contributed by atoms with Crippen molar-refractivity contribution in [3.63, 3.8) is 0 Å². The number of hydrogen-bond acceptors (Lipinski definition) is 4. The van der Waals surface area contributed by atoms with Crippen molar-refractivity contribution in [1.82, 2.24) is 9.97 Å². The van der Waals surface area contributed by atoms with Crippen LogP contribution in [0.2, 0.25) is 0 Å². The van der Waals surface area contributed by atoms with E-state index in [4.69, 9.17) is 0 Å². The van der Waals surface area contributed by atoms with Crippen molar-refractivity contribution < 1.29 is 5.11 Å². The summed E-state index contributed by atoms with van der Waals surface area (Å²) >= 11 is 0. The molecule has 0 unspecified atom stereocenters. The molecule has 1 aromatic heterocycles. The number of aliphatic hydroxyl groups excluding tert-OH is 1. The zero-order valence-electron chi connectivity index (χ0n) is 11.9. The molecule has 1 saturated carbocycles. The first-order chi connectivity index (χ1) is 9.81. The fourth-order valence-corrected chi connectivity index (χ4v) is 3.00. The van der Waals surface area contributed by atoms with E-state index < -0.39 is 0 Å². The van der Waals surface area contributed by atoms with E-state index in [-0.39, 0.29) is 6.10 Å². The second-order valence-corrected chi connectivity index (χ2v) is 5.94. The molecule has 20 heavy (non-hydrogen) atoms. The number of hydrogen-bond donors (Lipinski definition) is 2. The van der Waals surface area contributed by atoms with Gasteiger partial charge in [-0.1, -0.05) is 11.6 Å². The number of rotatable bonds is 5. The zero-order valence-corrected chi connectivity index (χ0v) is 11.9. The van der Waals surface area contributed by atoms with E-state index in [0.29, 0.717) is 5.92 Å². The van der Waals surface area contributed by atoms with E-state index in [0.717, 1.165) is 37.3 Å². The fraction of sp³-hybridized carbons (Fsp3) is 0.625. The molecule has 2 aliphatic rings. The van der Waals surface area contributed by atoms with E-state index in [9.17, 15) is 5.11 Å². The molecule has 0 amide bonds. The standard InChI is InChI=1S/C16H23N3O/c20-14-8-13(9-14)15-10-16(19-11-18-15)17-7-6-12-4-2-1-3-5-12/h4,10-11,13-14,20H,1-3,5-9H2,(H,17,18,19). The number of anilines is 1. The Bertz CT molecular complexity index is 480. The predicted molar refractivity (Wildman–Crippen MR) is 79.7 cm³/mol. The van der Waals surface area contributed by atoms with Crippen molar-refractivity contribution in [3.05, 3.63) is 29.7 Å². The molecule has 1 fully saturated rings. The van der Waals surface area contributed by atoms with Crippen molar-refractivity contribution in [2.24, 2.45) is 0 Å². The van der Waals surface area contributed by atoms with Crippen LogP contribution in [0, 0.1) is 0 Å². The van der Waals surface area contributed by atoms with Crippen LogP contribution >= 0.6 is 0 Å². The minimum absolute atomic E-state index is 0.135. The van der Waals surface area contributed by atoms with Gasteiger partial charge in [0, 0.05) is 24.2 Å². The summed E-state index contributed by atoms with van der Waals surface area (Å²) in [6.07, 6.45) is 11.9. The molecule has 0 atom stereocenters. The number of nitrogens with zero attached hydrogens (tertiary/aromatic N) is 2. The SMILES string of the molecule is OC1CC(c2cc(NCCC3=CCCCC3)ncn2)C1. The number of aromatic nitrogens is 2. The van der Waals surface area contributed by atoms with Crippen LogP contribution in [-0.4, -0.2) is 27.7 Å². The van der Waals surface area contributed by atoms with Gasteiger partial charge in [-0.25, -0.2) is 9.97 Å². The molecule has 1 heterocycles. The minimum Gasteiger partial charge on any atom is -0.393 e. The lowest BCUT2D eigenvalue weighted by Crippen LogP contribution is -2.27. The lowest BCUT2D eigenvalue weighted by Gasteiger charge is -2.30. The maximum Gasteiger partial charge on any atom is 0.129 e. The van der Waals surface area contributed by atoms with Gasteiger partial charge in [0.15, 0.2) is 0 Å². The van der Waals surface area contributed by atoms with Gasteiger partial charge in [-0.2, -0.15) is 0 Å². The molecule has 4 nitrogen and oxygen atoms in total. The summed E-state index contributed by atoms with van der Waals surface area (Å²) in [7, 11) is 0. The molecule has 0 radical (unpaired) electrons. The van der Waals surface area contributed by atoms with Crippen LogP contribution in [0.4, 0.5) is 5.82 Å². The molecular weight excluding hydrogens is 250 g/mol. The van der Waals surface area contributed by atoms with Gasteiger partial charge >= 0.3 is 0 Å². The molecule has 0 spiro atoms. The second kappa shape index (κ2) is 6.35. The Hall–Kier alpha value is -1.42. The fourth-order valence-electron chi connectivity index (χ4n) is 3.00. The monoisotopic (exact) mass is 273 g/mol. The maximum absolute atomic E-state index is 9.37. The molecule has 2 N–H and O–H groups in total. The topological polar surface area (TPSA) is 58.0 Å². The van der Waals surface area contributed by atoms with Gasteiger partial charge in [-0.05, 0) is 44.9 Å². The van der Waals surface area contributed by atoms with Crippen LogP contribution in [0.25, 0.3) is 0 Å². The molecule has 0 aromatic carbocycles. The van der Waals surface area contributed by atoms with Crippen molar-refractivity contribution in [2.75, 3.05) is 11.9 Å². The molecule has 108 valence electrons. The van der Waals surface area contributed by atoms with Gasteiger partial charge in [0.25, 0.3) is 0 Å². The summed E-state index contributed by atoms with van der Waals surface area (Å²) in [4.78, 5) is 8.60. The van der Waals surface area contributed by atoms with Gasteiger partial charge in [0.2, 0.25) is 0 Å². The molecule has 0 saturated heterocycles. The van der Waals surface area contributed by atoms with Crippen LogP contribution in [-0.2, 0) is 0 Å². The maximum atomic E-state index is 9.37. The third-order valence-electron chi connectivity index (χ3n) is 4.36. The minimum atomic E-state index is -0.135. The van der Waals surface area contributed by atoms with Crippen molar-refractivity contribution in [2.45, 2.75) is 57.0 Å². The van der Waals surface area contributed by atoms with E-state index in [1.807, 2.05) is 6.07 Å². The largest absolute Gasteiger partial charge is 0.393 e. The molecule has 0 aliphatic heterocycles. The van der Waals surface area contributed by atoms with Gasteiger partial charge in [-0.3, -0.25) is 0 Å². The predicted octanol–water partition coefficient (Wildman–Crippen LogP) is 3.02. The van der Waals surface area contributed by atoms with Crippen LogP contribution in [0.1, 0.15) is 56.6 Å². The Morgan fingerprint density at radius 1 is 1.25 bits per heavy atom. The van der Waals surface area contributed by atoms with Gasteiger partial charge in [0.1, 0.15) is 12.1 Å². The highest BCUT2D eigenvalue weighted by molar-refractivity contribution is 5.36. The lowest BCUT2D eigenvalue weighted by atomic mass is 9.80. The Morgan fingerprint density at radius 3 is 2.90 bits per heavy atom. The molecule has 3 rings (SSSR count). The Kier molecular flexibility index (Phi) is 4.31. The summed E-state index contributed by atoms with van der Waals surface area (Å²) in [5.74, 6) is 1.32. The molecule has 0 bridgehead atoms. The van der Waals surface area contributed by atoms with Crippen LogP contribution < -0.4 is 5.32 Å². The lowest BCUT2D eigenvalue weighted by molar-refractivity contribution is 0.0732. The normalized spacial score (nSPS) is 25.8. The first-order valence-electron chi connectivity index (χ1n) is 7.73. The Labute approximate surface area is 120 Å². The third-order valence-corrected chi connectivity index (χ3v) is 4.36. The average Bonchev–Trinajstić information content (AvgIpc) is 2.45. The van der Waals surface area contributed by atoms with E-state index in [2.05, 4.69) is 21.4 Å². The smallest absolute Gasteiger partial charge is 0.129 e. The number of aliphatic hydroxyl groups is 1. The summed E-state index contributed by atoms with van der Waals surface area (Å²) < 4.78 is 0. The van der Waals surface area contributed by atoms with Crippen LogP contribution in [0.5, 0.6) is 0 Å². The number of nitrogens with one attached hydrogen (secondary N) is 1.